The summed E-state index contributed by atoms with van der Waals surface area (Å²) in [6, 6.07) is 15.6. The number of aromatic hydroxyl groups is 1. The van der Waals surface area contributed by atoms with Crippen molar-refractivity contribution in [3.05, 3.63) is 71.8 Å². The lowest BCUT2D eigenvalue weighted by molar-refractivity contribution is -0.133. The van der Waals surface area contributed by atoms with Crippen molar-refractivity contribution in [2.45, 2.75) is 32.7 Å². The lowest BCUT2D eigenvalue weighted by Crippen LogP contribution is -2.36. The first-order valence-corrected chi connectivity index (χ1v) is 14.8. The molecule has 6 rings (SSSR count). The van der Waals surface area contributed by atoms with Gasteiger partial charge in [-0.3, -0.25) is 9.59 Å². The highest BCUT2D eigenvalue weighted by molar-refractivity contribution is 7.22. The summed E-state index contributed by atoms with van der Waals surface area (Å²) in [6.07, 6.45) is 4.51. The first-order chi connectivity index (χ1) is 20.0. The Bertz CT molecular complexity index is 1640. The van der Waals surface area contributed by atoms with E-state index < -0.39 is 0 Å². The molecule has 4 aromatic rings. The molecule has 2 aliphatic heterocycles. The zero-order valence-corrected chi connectivity index (χ0v) is 23.8. The molecular weight excluding hydrogens is 536 g/mol. The fourth-order valence-electron chi connectivity index (χ4n) is 5.40. The highest BCUT2D eigenvalue weighted by atomic mass is 32.1. The average molecular weight is 569 g/mol. The van der Waals surface area contributed by atoms with Gasteiger partial charge < -0.3 is 19.6 Å². The van der Waals surface area contributed by atoms with Crippen LogP contribution in [0.3, 0.4) is 0 Å². The summed E-state index contributed by atoms with van der Waals surface area (Å²) in [6.45, 7) is 5.85. The maximum Gasteiger partial charge on any atom is 0.223 e. The Kier molecular flexibility index (Phi) is 7.80. The molecule has 8 nitrogen and oxygen atoms in total. The highest BCUT2D eigenvalue weighted by Crippen LogP contribution is 2.40. The summed E-state index contributed by atoms with van der Waals surface area (Å²) in [4.78, 5) is 39.6. The van der Waals surface area contributed by atoms with Crippen molar-refractivity contribution in [2.24, 2.45) is 0 Å². The van der Waals surface area contributed by atoms with Gasteiger partial charge in [-0.25, -0.2) is 9.97 Å². The zero-order chi connectivity index (χ0) is 28.3. The number of hydrogen-bond donors (Lipinski definition) is 1. The highest BCUT2D eigenvalue weighted by Gasteiger charge is 2.23. The number of ketones is 1. The van der Waals surface area contributed by atoms with Gasteiger partial charge >= 0.3 is 0 Å². The second-order valence-electron chi connectivity index (χ2n) is 10.4. The lowest BCUT2D eigenvalue weighted by Gasteiger charge is -2.29. The minimum atomic E-state index is -0.0123. The van der Waals surface area contributed by atoms with Crippen molar-refractivity contribution >= 4 is 39.1 Å². The molecule has 4 heterocycles. The summed E-state index contributed by atoms with van der Waals surface area (Å²) >= 11 is 1.69. The van der Waals surface area contributed by atoms with Crippen molar-refractivity contribution in [2.75, 3.05) is 37.7 Å². The van der Waals surface area contributed by atoms with Gasteiger partial charge in [0.15, 0.2) is 17.4 Å². The second kappa shape index (κ2) is 11.8. The van der Waals surface area contributed by atoms with Gasteiger partial charge in [-0.2, -0.15) is 0 Å². The number of rotatable bonds is 7. The van der Waals surface area contributed by atoms with E-state index in [1.54, 1.807) is 42.5 Å². The number of allylic oxidation sites excluding steroid dienone is 2. The SMILES string of the molecule is C/C=C/C(=O)CCC(=O)N1CCc2cc(-c3cc4nc(-c5cccc(O)c5)nc(N5CCOCC5)c4s3)ccc2C1. The van der Waals surface area contributed by atoms with Crippen LogP contribution in [0.5, 0.6) is 5.75 Å². The number of phenolic OH excluding ortho intramolecular Hbond substituents is 1. The Morgan fingerprint density at radius 1 is 1.00 bits per heavy atom. The van der Waals surface area contributed by atoms with E-state index in [1.165, 1.54) is 11.6 Å². The van der Waals surface area contributed by atoms with E-state index in [0.29, 0.717) is 32.1 Å². The Balaban J connectivity index is 1.28. The van der Waals surface area contributed by atoms with E-state index in [0.717, 1.165) is 57.1 Å². The first kappa shape index (κ1) is 27.1. The van der Waals surface area contributed by atoms with Crippen LogP contribution in [0.4, 0.5) is 5.82 Å². The molecule has 0 spiro atoms. The van der Waals surface area contributed by atoms with Crippen LogP contribution in [0.25, 0.3) is 32.0 Å². The van der Waals surface area contributed by atoms with E-state index in [1.807, 2.05) is 11.0 Å². The molecular formula is C32H32N4O4S. The molecule has 1 amide bonds. The zero-order valence-electron chi connectivity index (χ0n) is 23.0. The van der Waals surface area contributed by atoms with Gasteiger partial charge in [-0.1, -0.05) is 30.3 Å². The van der Waals surface area contributed by atoms with E-state index in [2.05, 4.69) is 29.2 Å². The number of thiophene rings is 1. The van der Waals surface area contributed by atoms with E-state index in [-0.39, 0.29) is 30.3 Å². The van der Waals surface area contributed by atoms with Crippen LogP contribution in [0.2, 0.25) is 0 Å². The molecule has 0 atom stereocenters. The molecule has 0 aliphatic carbocycles. The maximum absolute atomic E-state index is 12.7. The van der Waals surface area contributed by atoms with Crippen LogP contribution in [0, 0.1) is 0 Å². The summed E-state index contributed by atoms with van der Waals surface area (Å²) < 4.78 is 6.63. The van der Waals surface area contributed by atoms with Gasteiger partial charge in [-0.15, -0.1) is 11.3 Å². The number of anilines is 1. The fourth-order valence-corrected chi connectivity index (χ4v) is 6.51. The number of amides is 1. The number of fused-ring (bicyclic) bond motifs is 2. The van der Waals surface area contributed by atoms with E-state index in [9.17, 15) is 14.7 Å². The maximum atomic E-state index is 12.7. The molecule has 2 aromatic carbocycles. The number of ether oxygens (including phenoxy) is 1. The van der Waals surface area contributed by atoms with Crippen molar-refractivity contribution in [3.8, 4) is 27.6 Å². The average Bonchev–Trinajstić information content (AvgIpc) is 3.44. The predicted molar refractivity (Wildman–Crippen MR) is 161 cm³/mol. The number of nitrogens with zero attached hydrogens (tertiary/aromatic N) is 4. The normalized spacial score (nSPS) is 15.4. The minimum absolute atomic E-state index is 0.0123. The predicted octanol–water partition coefficient (Wildman–Crippen LogP) is 5.38. The van der Waals surface area contributed by atoms with Crippen LogP contribution >= 0.6 is 11.3 Å². The van der Waals surface area contributed by atoms with Gasteiger partial charge in [0.2, 0.25) is 5.91 Å². The number of hydrogen-bond acceptors (Lipinski definition) is 8. The third-order valence-corrected chi connectivity index (χ3v) is 8.73. The lowest BCUT2D eigenvalue weighted by atomic mass is 9.96. The van der Waals surface area contributed by atoms with Crippen molar-refractivity contribution in [1.29, 1.82) is 0 Å². The molecule has 9 heteroatoms. The molecule has 0 radical (unpaired) electrons. The molecule has 0 saturated carbocycles. The molecule has 210 valence electrons. The number of aromatic nitrogens is 2. The minimum Gasteiger partial charge on any atom is -0.508 e. The summed E-state index contributed by atoms with van der Waals surface area (Å²) in [7, 11) is 0. The van der Waals surface area contributed by atoms with Gasteiger partial charge in [0.25, 0.3) is 0 Å². The largest absolute Gasteiger partial charge is 0.508 e. The molecule has 2 aromatic heterocycles. The quantitative estimate of drug-likeness (QED) is 0.299. The monoisotopic (exact) mass is 568 g/mol. The summed E-state index contributed by atoms with van der Waals surface area (Å²) in [5.74, 6) is 1.68. The van der Waals surface area contributed by atoms with E-state index in [4.69, 9.17) is 14.7 Å². The summed E-state index contributed by atoms with van der Waals surface area (Å²) in [5, 5.41) is 10.1. The molecule has 1 N–H and O–H groups in total. The number of carbonyl (C=O) groups excluding carboxylic acids is 2. The molecule has 41 heavy (non-hydrogen) atoms. The Morgan fingerprint density at radius 2 is 1.85 bits per heavy atom. The van der Waals surface area contributed by atoms with E-state index >= 15 is 0 Å². The fraction of sp³-hybridized carbons (Fsp3) is 0.312. The molecule has 0 unspecified atom stereocenters. The van der Waals surface area contributed by atoms with Crippen molar-refractivity contribution < 1.29 is 19.4 Å². The smallest absolute Gasteiger partial charge is 0.223 e. The Labute approximate surface area is 242 Å². The van der Waals surface area contributed by atoms with Crippen molar-refractivity contribution in [1.82, 2.24) is 14.9 Å². The van der Waals surface area contributed by atoms with Gasteiger partial charge in [0.1, 0.15) is 5.75 Å². The number of carbonyl (C=O) groups is 2. The third-order valence-electron chi connectivity index (χ3n) is 7.56. The number of benzene rings is 2. The van der Waals surface area contributed by atoms with Crippen LogP contribution in [0.1, 0.15) is 30.9 Å². The molecule has 0 bridgehead atoms. The van der Waals surface area contributed by atoms with Crippen LogP contribution < -0.4 is 4.90 Å². The van der Waals surface area contributed by atoms with Gasteiger partial charge in [-0.05, 0) is 60.4 Å². The number of morpholine rings is 1. The Morgan fingerprint density at radius 3 is 2.66 bits per heavy atom. The summed E-state index contributed by atoms with van der Waals surface area (Å²) in [5.41, 5.74) is 5.16. The van der Waals surface area contributed by atoms with Gasteiger partial charge in [0, 0.05) is 49.5 Å². The molecule has 1 saturated heterocycles. The number of phenols is 1. The van der Waals surface area contributed by atoms with Crippen LogP contribution in [0.15, 0.2) is 60.7 Å². The van der Waals surface area contributed by atoms with Crippen LogP contribution in [-0.4, -0.2) is 64.5 Å². The van der Waals surface area contributed by atoms with Crippen LogP contribution in [-0.2, 0) is 27.3 Å². The Hall–Kier alpha value is -4.08. The van der Waals surface area contributed by atoms with Crippen molar-refractivity contribution in [3.63, 3.8) is 0 Å². The third kappa shape index (κ3) is 5.87. The molecule has 1 fully saturated rings. The first-order valence-electron chi connectivity index (χ1n) is 14.0. The molecule has 2 aliphatic rings. The standard InChI is InChI=1S/C32H32N4O4S/c1-2-4-25(37)9-10-29(39)36-12-11-21-17-22(7-8-24(21)20-36)28-19-27-30(41-28)32(35-13-15-40-16-14-35)34-31(33-27)23-5-3-6-26(38)18-23/h2-8,17-19,38H,9-16,20H2,1H3/b4-2+. The second-order valence-corrected chi connectivity index (χ2v) is 11.4. The van der Waals surface area contributed by atoms with Gasteiger partial charge in [0.05, 0.1) is 23.4 Å². The topological polar surface area (TPSA) is 95.9 Å².